The van der Waals surface area contributed by atoms with E-state index in [0.29, 0.717) is 23.6 Å². The molecular formula is C20H20N2O4. The maximum absolute atomic E-state index is 11.9. The largest absolute Gasteiger partial charge is 0.456 e. The molecule has 3 aromatic rings. The molecule has 0 saturated heterocycles. The molecule has 1 heterocycles. The van der Waals surface area contributed by atoms with E-state index in [0.717, 1.165) is 16.6 Å². The summed E-state index contributed by atoms with van der Waals surface area (Å²) >= 11 is 0. The van der Waals surface area contributed by atoms with Crippen LogP contribution in [0.5, 0.6) is 0 Å². The minimum Gasteiger partial charge on any atom is -0.456 e. The van der Waals surface area contributed by atoms with Gasteiger partial charge in [-0.1, -0.05) is 29.8 Å². The fourth-order valence-electron chi connectivity index (χ4n) is 2.59. The SMILES string of the molecule is Cc1ccc(NC(=O)COC(=O)CCc2nc3ccccc3o2)c(C)c1. The fourth-order valence-corrected chi connectivity index (χ4v) is 2.59. The molecule has 1 aromatic heterocycles. The highest BCUT2D eigenvalue weighted by molar-refractivity contribution is 5.93. The van der Waals surface area contributed by atoms with Crippen LogP contribution < -0.4 is 5.32 Å². The van der Waals surface area contributed by atoms with Crippen LogP contribution in [0.4, 0.5) is 5.69 Å². The van der Waals surface area contributed by atoms with Gasteiger partial charge in [-0.3, -0.25) is 9.59 Å². The number of nitrogens with zero attached hydrogens (tertiary/aromatic N) is 1. The van der Waals surface area contributed by atoms with Crippen molar-refractivity contribution in [1.82, 2.24) is 4.98 Å². The van der Waals surface area contributed by atoms with Gasteiger partial charge < -0.3 is 14.5 Å². The second-order valence-corrected chi connectivity index (χ2v) is 6.10. The molecule has 0 aliphatic carbocycles. The Bertz CT molecular complexity index is 913. The van der Waals surface area contributed by atoms with Gasteiger partial charge in [-0.05, 0) is 37.6 Å². The number of benzene rings is 2. The number of nitrogens with one attached hydrogen (secondary N) is 1. The molecule has 0 aliphatic heterocycles. The number of fused-ring (bicyclic) bond motifs is 1. The molecule has 0 spiro atoms. The number of rotatable bonds is 6. The quantitative estimate of drug-likeness (QED) is 0.686. The Morgan fingerprint density at radius 3 is 2.73 bits per heavy atom. The minimum atomic E-state index is -0.469. The van der Waals surface area contributed by atoms with Gasteiger partial charge in [0.25, 0.3) is 5.91 Å². The Morgan fingerprint density at radius 2 is 1.96 bits per heavy atom. The normalized spacial score (nSPS) is 10.7. The summed E-state index contributed by atoms with van der Waals surface area (Å²) in [5.41, 5.74) is 4.22. The number of amides is 1. The van der Waals surface area contributed by atoms with Gasteiger partial charge in [0, 0.05) is 12.1 Å². The predicted molar refractivity (Wildman–Crippen MR) is 97.8 cm³/mol. The van der Waals surface area contributed by atoms with Crippen LogP contribution in [0.15, 0.2) is 46.9 Å². The average molecular weight is 352 g/mol. The smallest absolute Gasteiger partial charge is 0.306 e. The Balaban J connectivity index is 1.45. The summed E-state index contributed by atoms with van der Waals surface area (Å²) < 4.78 is 10.6. The number of carbonyl (C=O) groups excluding carboxylic acids is 2. The molecule has 134 valence electrons. The summed E-state index contributed by atoms with van der Waals surface area (Å²) in [5.74, 6) is -0.363. The first-order valence-corrected chi connectivity index (χ1v) is 8.38. The minimum absolute atomic E-state index is 0.101. The number of aromatic nitrogens is 1. The molecule has 6 heteroatoms. The summed E-state index contributed by atoms with van der Waals surface area (Å²) in [6.07, 6.45) is 0.426. The molecule has 3 rings (SSSR count). The van der Waals surface area contributed by atoms with Gasteiger partial charge in [-0.25, -0.2) is 4.98 Å². The van der Waals surface area contributed by atoms with Crippen molar-refractivity contribution in [1.29, 1.82) is 0 Å². The van der Waals surface area contributed by atoms with Crippen molar-refractivity contribution in [2.24, 2.45) is 0 Å². The number of anilines is 1. The molecule has 2 aromatic carbocycles. The van der Waals surface area contributed by atoms with Crippen LogP contribution in [-0.2, 0) is 20.7 Å². The first-order chi connectivity index (χ1) is 12.5. The van der Waals surface area contributed by atoms with Gasteiger partial charge in [0.15, 0.2) is 18.1 Å². The second kappa shape index (κ2) is 7.82. The molecule has 0 unspecified atom stereocenters. The lowest BCUT2D eigenvalue weighted by molar-refractivity contribution is -0.147. The van der Waals surface area contributed by atoms with E-state index in [1.807, 2.05) is 56.3 Å². The zero-order valence-corrected chi connectivity index (χ0v) is 14.7. The molecule has 0 aliphatic rings. The molecule has 0 fully saturated rings. The number of esters is 1. The number of hydrogen-bond donors (Lipinski definition) is 1. The summed E-state index contributed by atoms with van der Waals surface area (Å²) in [5, 5.41) is 2.74. The Kier molecular flexibility index (Phi) is 5.31. The van der Waals surface area contributed by atoms with Crippen LogP contribution in [0, 0.1) is 13.8 Å². The molecule has 1 N–H and O–H groups in total. The highest BCUT2D eigenvalue weighted by Crippen LogP contribution is 2.17. The Hall–Kier alpha value is -3.15. The van der Waals surface area contributed by atoms with Crippen molar-refractivity contribution >= 4 is 28.7 Å². The van der Waals surface area contributed by atoms with Crippen molar-refractivity contribution in [2.75, 3.05) is 11.9 Å². The Morgan fingerprint density at radius 1 is 1.15 bits per heavy atom. The third-order valence-electron chi connectivity index (χ3n) is 3.90. The first-order valence-electron chi connectivity index (χ1n) is 8.38. The van der Waals surface area contributed by atoms with Gasteiger partial charge in [-0.15, -0.1) is 0 Å². The van der Waals surface area contributed by atoms with Crippen molar-refractivity contribution in [2.45, 2.75) is 26.7 Å². The highest BCUT2D eigenvalue weighted by atomic mass is 16.5. The van der Waals surface area contributed by atoms with Gasteiger partial charge in [0.05, 0.1) is 6.42 Å². The number of hydrogen-bond acceptors (Lipinski definition) is 5. The van der Waals surface area contributed by atoms with Crippen molar-refractivity contribution in [3.05, 3.63) is 59.5 Å². The van der Waals surface area contributed by atoms with E-state index >= 15 is 0 Å². The number of ether oxygens (including phenoxy) is 1. The van der Waals surface area contributed by atoms with E-state index in [1.165, 1.54) is 0 Å². The lowest BCUT2D eigenvalue weighted by Gasteiger charge is -2.09. The van der Waals surface area contributed by atoms with E-state index in [9.17, 15) is 9.59 Å². The molecule has 0 radical (unpaired) electrons. The lowest BCUT2D eigenvalue weighted by atomic mass is 10.1. The van der Waals surface area contributed by atoms with E-state index in [4.69, 9.17) is 9.15 Å². The molecule has 0 bridgehead atoms. The zero-order chi connectivity index (χ0) is 18.5. The monoisotopic (exact) mass is 352 g/mol. The molecule has 0 saturated carbocycles. The first kappa shape index (κ1) is 17.7. The van der Waals surface area contributed by atoms with Crippen LogP contribution in [0.2, 0.25) is 0 Å². The number of aryl methyl sites for hydroxylation is 3. The van der Waals surface area contributed by atoms with Crippen LogP contribution in [0.25, 0.3) is 11.1 Å². The van der Waals surface area contributed by atoms with Crippen molar-refractivity contribution in [3.63, 3.8) is 0 Å². The zero-order valence-electron chi connectivity index (χ0n) is 14.7. The van der Waals surface area contributed by atoms with Gasteiger partial charge in [0.1, 0.15) is 5.52 Å². The van der Waals surface area contributed by atoms with E-state index in [2.05, 4.69) is 10.3 Å². The van der Waals surface area contributed by atoms with Gasteiger partial charge in [0.2, 0.25) is 0 Å². The van der Waals surface area contributed by atoms with Crippen LogP contribution >= 0.6 is 0 Å². The lowest BCUT2D eigenvalue weighted by Crippen LogP contribution is -2.21. The average Bonchev–Trinajstić information content (AvgIpc) is 3.03. The van der Waals surface area contributed by atoms with Crippen molar-refractivity contribution < 1.29 is 18.7 Å². The van der Waals surface area contributed by atoms with Gasteiger partial charge >= 0.3 is 5.97 Å². The van der Waals surface area contributed by atoms with Crippen LogP contribution in [0.3, 0.4) is 0 Å². The number of para-hydroxylation sites is 2. The molecule has 1 amide bonds. The van der Waals surface area contributed by atoms with Crippen molar-refractivity contribution in [3.8, 4) is 0 Å². The number of oxazole rings is 1. The summed E-state index contributed by atoms with van der Waals surface area (Å²) in [6, 6.07) is 13.1. The highest BCUT2D eigenvalue weighted by Gasteiger charge is 2.12. The second-order valence-electron chi connectivity index (χ2n) is 6.10. The molecular weight excluding hydrogens is 332 g/mol. The summed E-state index contributed by atoms with van der Waals surface area (Å²) in [6.45, 7) is 3.58. The van der Waals surface area contributed by atoms with E-state index in [-0.39, 0.29) is 18.9 Å². The molecule has 0 atom stereocenters. The fraction of sp³-hybridized carbons (Fsp3) is 0.250. The third-order valence-corrected chi connectivity index (χ3v) is 3.90. The molecule has 6 nitrogen and oxygen atoms in total. The Labute approximate surface area is 151 Å². The standard InChI is InChI=1S/C20H20N2O4/c1-13-7-8-15(14(2)11-13)21-18(23)12-25-20(24)10-9-19-22-16-5-3-4-6-17(16)26-19/h3-8,11H,9-10,12H2,1-2H3,(H,21,23). The maximum Gasteiger partial charge on any atom is 0.306 e. The summed E-state index contributed by atoms with van der Waals surface area (Å²) in [7, 11) is 0. The van der Waals surface area contributed by atoms with Gasteiger partial charge in [-0.2, -0.15) is 0 Å². The van der Waals surface area contributed by atoms with E-state index in [1.54, 1.807) is 0 Å². The predicted octanol–water partition coefficient (Wildman–Crippen LogP) is 3.56. The third kappa shape index (κ3) is 4.47. The molecule has 26 heavy (non-hydrogen) atoms. The van der Waals surface area contributed by atoms with Crippen LogP contribution in [0.1, 0.15) is 23.4 Å². The maximum atomic E-state index is 11.9. The van der Waals surface area contributed by atoms with E-state index < -0.39 is 5.97 Å². The number of carbonyl (C=O) groups is 2. The summed E-state index contributed by atoms with van der Waals surface area (Å²) in [4.78, 5) is 28.1. The van der Waals surface area contributed by atoms with Crippen LogP contribution in [-0.4, -0.2) is 23.5 Å². The topological polar surface area (TPSA) is 81.4 Å².